The van der Waals surface area contributed by atoms with Crippen LogP contribution < -0.4 is 10.6 Å². The van der Waals surface area contributed by atoms with Crippen molar-refractivity contribution >= 4 is 34.9 Å². The van der Waals surface area contributed by atoms with Gasteiger partial charge in [-0.05, 0) is 49.3 Å². The molecule has 1 aromatic carbocycles. The van der Waals surface area contributed by atoms with Crippen LogP contribution in [0.3, 0.4) is 0 Å². The molecule has 0 unspecified atom stereocenters. The van der Waals surface area contributed by atoms with Gasteiger partial charge in [-0.3, -0.25) is 4.79 Å². The Labute approximate surface area is 116 Å². The maximum Gasteiger partial charge on any atom is 0.337 e. The predicted molar refractivity (Wildman–Crippen MR) is 74.9 cm³/mol. The van der Waals surface area contributed by atoms with Gasteiger partial charge in [0.25, 0.3) is 0 Å². The molecule has 1 saturated carbocycles. The number of benzene rings is 1. The minimum atomic E-state index is -0.392. The number of esters is 1. The Kier molecular flexibility index (Phi) is 4.11. The molecular weight excluding hydrogens is 264 g/mol. The van der Waals surface area contributed by atoms with Crippen LogP contribution >= 0.6 is 12.2 Å². The number of carbonyl (C=O) groups excluding carboxylic acids is 2. The monoisotopic (exact) mass is 278 g/mol. The van der Waals surface area contributed by atoms with Crippen molar-refractivity contribution in [2.75, 3.05) is 12.4 Å². The van der Waals surface area contributed by atoms with E-state index in [-0.39, 0.29) is 16.9 Å². The topological polar surface area (TPSA) is 67.4 Å². The van der Waals surface area contributed by atoms with Gasteiger partial charge in [0, 0.05) is 11.6 Å². The highest BCUT2D eigenvalue weighted by Gasteiger charge is 2.29. The van der Waals surface area contributed by atoms with Gasteiger partial charge in [0.2, 0.25) is 5.91 Å². The molecule has 0 aromatic heterocycles. The van der Waals surface area contributed by atoms with E-state index in [0.717, 1.165) is 12.8 Å². The van der Waals surface area contributed by atoms with Crippen molar-refractivity contribution in [2.45, 2.75) is 12.8 Å². The lowest BCUT2D eigenvalue weighted by Gasteiger charge is -2.09. The van der Waals surface area contributed by atoms with Crippen LogP contribution in [0.15, 0.2) is 24.3 Å². The Bertz CT molecular complexity index is 509. The first kappa shape index (κ1) is 13.5. The van der Waals surface area contributed by atoms with Crippen molar-refractivity contribution in [3.8, 4) is 0 Å². The number of ether oxygens (including phenoxy) is 1. The Morgan fingerprint density at radius 3 is 2.42 bits per heavy atom. The van der Waals surface area contributed by atoms with Crippen LogP contribution in [0.25, 0.3) is 0 Å². The molecule has 19 heavy (non-hydrogen) atoms. The second-order valence-corrected chi connectivity index (χ2v) is 4.69. The highest BCUT2D eigenvalue weighted by Crippen LogP contribution is 2.28. The van der Waals surface area contributed by atoms with E-state index in [2.05, 4.69) is 15.4 Å². The van der Waals surface area contributed by atoms with E-state index in [9.17, 15) is 9.59 Å². The molecule has 1 amide bonds. The second-order valence-electron chi connectivity index (χ2n) is 4.29. The first-order valence-electron chi connectivity index (χ1n) is 5.90. The highest BCUT2D eigenvalue weighted by molar-refractivity contribution is 7.80. The molecule has 0 radical (unpaired) electrons. The molecule has 1 aromatic rings. The number of amides is 1. The van der Waals surface area contributed by atoms with E-state index in [4.69, 9.17) is 12.2 Å². The first-order valence-corrected chi connectivity index (χ1v) is 6.31. The van der Waals surface area contributed by atoms with Gasteiger partial charge >= 0.3 is 5.97 Å². The number of carbonyl (C=O) groups is 2. The molecule has 0 atom stereocenters. The average molecular weight is 278 g/mol. The largest absolute Gasteiger partial charge is 0.465 e. The molecular formula is C13H14N2O3S. The average Bonchev–Trinajstić information content (AvgIpc) is 3.22. The van der Waals surface area contributed by atoms with Gasteiger partial charge in [-0.25, -0.2) is 4.79 Å². The number of hydrogen-bond acceptors (Lipinski definition) is 4. The standard InChI is InChI=1S/C13H14N2O3S/c1-18-12(17)9-4-6-10(7-5-9)14-13(19)15-11(16)8-2-3-8/h4-8H,2-3H2,1H3,(H2,14,15,16,19). The Balaban J connectivity index is 1.89. The lowest BCUT2D eigenvalue weighted by Crippen LogP contribution is -2.35. The number of nitrogens with one attached hydrogen (secondary N) is 2. The molecule has 0 heterocycles. The summed E-state index contributed by atoms with van der Waals surface area (Å²) < 4.78 is 4.60. The fraction of sp³-hybridized carbons (Fsp3) is 0.308. The summed E-state index contributed by atoms with van der Waals surface area (Å²) in [6.07, 6.45) is 1.87. The summed E-state index contributed by atoms with van der Waals surface area (Å²) in [4.78, 5) is 22.7. The second kappa shape index (κ2) is 5.79. The van der Waals surface area contributed by atoms with Gasteiger partial charge in [-0.2, -0.15) is 0 Å². The molecule has 6 heteroatoms. The highest BCUT2D eigenvalue weighted by atomic mass is 32.1. The van der Waals surface area contributed by atoms with Crippen LogP contribution in [-0.2, 0) is 9.53 Å². The summed E-state index contributed by atoms with van der Waals surface area (Å²) in [5, 5.41) is 5.78. The van der Waals surface area contributed by atoms with E-state index in [1.165, 1.54) is 7.11 Å². The molecule has 1 aliphatic rings. The summed E-state index contributed by atoms with van der Waals surface area (Å²) in [6, 6.07) is 6.64. The number of hydrogen-bond donors (Lipinski definition) is 2. The number of anilines is 1. The van der Waals surface area contributed by atoms with Gasteiger partial charge in [0.1, 0.15) is 0 Å². The number of methoxy groups -OCH3 is 1. The minimum absolute atomic E-state index is 0.0383. The molecule has 0 bridgehead atoms. The zero-order valence-electron chi connectivity index (χ0n) is 10.4. The molecule has 1 fully saturated rings. The molecule has 1 aliphatic carbocycles. The molecule has 5 nitrogen and oxygen atoms in total. The fourth-order valence-corrected chi connectivity index (χ4v) is 1.75. The third-order valence-corrected chi connectivity index (χ3v) is 2.95. The number of thiocarbonyl (C=S) groups is 1. The smallest absolute Gasteiger partial charge is 0.337 e. The van der Waals surface area contributed by atoms with Crippen molar-refractivity contribution in [1.82, 2.24) is 5.32 Å². The van der Waals surface area contributed by atoms with E-state index in [1.54, 1.807) is 24.3 Å². The molecule has 100 valence electrons. The van der Waals surface area contributed by atoms with Crippen LogP contribution in [-0.4, -0.2) is 24.1 Å². The van der Waals surface area contributed by atoms with Crippen LogP contribution in [0.5, 0.6) is 0 Å². The van der Waals surface area contributed by atoms with E-state index >= 15 is 0 Å². The quantitative estimate of drug-likeness (QED) is 0.650. The van der Waals surface area contributed by atoms with Gasteiger partial charge in [-0.1, -0.05) is 0 Å². The molecule has 0 saturated heterocycles. The lowest BCUT2D eigenvalue weighted by molar-refractivity contribution is -0.120. The van der Waals surface area contributed by atoms with Crippen molar-refractivity contribution in [3.63, 3.8) is 0 Å². The van der Waals surface area contributed by atoms with Crippen LogP contribution in [0.2, 0.25) is 0 Å². The summed E-state index contributed by atoms with van der Waals surface area (Å²) in [6.45, 7) is 0. The van der Waals surface area contributed by atoms with Crippen molar-refractivity contribution in [1.29, 1.82) is 0 Å². The maximum absolute atomic E-state index is 11.5. The predicted octanol–water partition coefficient (Wildman–Crippen LogP) is 1.70. The Hall–Kier alpha value is -1.95. The molecule has 0 aliphatic heterocycles. The zero-order valence-corrected chi connectivity index (χ0v) is 11.3. The first-order chi connectivity index (χ1) is 9.10. The Morgan fingerprint density at radius 1 is 1.26 bits per heavy atom. The minimum Gasteiger partial charge on any atom is -0.465 e. The molecule has 0 spiro atoms. The summed E-state index contributed by atoms with van der Waals surface area (Å²) in [5.74, 6) is -0.318. The van der Waals surface area contributed by atoms with Crippen LogP contribution in [0.1, 0.15) is 23.2 Å². The number of rotatable bonds is 3. The maximum atomic E-state index is 11.5. The lowest BCUT2D eigenvalue weighted by atomic mass is 10.2. The van der Waals surface area contributed by atoms with E-state index in [0.29, 0.717) is 11.3 Å². The summed E-state index contributed by atoms with van der Waals surface area (Å²) in [5.41, 5.74) is 1.16. The third kappa shape index (κ3) is 3.75. The molecule has 2 rings (SSSR count). The van der Waals surface area contributed by atoms with Crippen molar-refractivity contribution in [3.05, 3.63) is 29.8 Å². The van der Waals surface area contributed by atoms with Gasteiger partial charge in [0.05, 0.1) is 12.7 Å². The normalized spacial score (nSPS) is 13.5. The van der Waals surface area contributed by atoms with Crippen molar-refractivity contribution in [2.24, 2.45) is 5.92 Å². The van der Waals surface area contributed by atoms with Gasteiger partial charge in [0.15, 0.2) is 5.11 Å². The third-order valence-electron chi connectivity index (χ3n) is 2.75. The fourth-order valence-electron chi connectivity index (χ4n) is 1.53. The van der Waals surface area contributed by atoms with Gasteiger partial charge in [-0.15, -0.1) is 0 Å². The molecule has 2 N–H and O–H groups in total. The van der Waals surface area contributed by atoms with E-state index in [1.807, 2.05) is 0 Å². The SMILES string of the molecule is COC(=O)c1ccc(NC(=S)NC(=O)C2CC2)cc1. The van der Waals surface area contributed by atoms with Crippen LogP contribution in [0.4, 0.5) is 5.69 Å². The van der Waals surface area contributed by atoms with Gasteiger partial charge < -0.3 is 15.4 Å². The Morgan fingerprint density at radius 2 is 1.89 bits per heavy atom. The van der Waals surface area contributed by atoms with Crippen molar-refractivity contribution < 1.29 is 14.3 Å². The van der Waals surface area contributed by atoms with Crippen LogP contribution in [0, 0.1) is 5.92 Å². The van der Waals surface area contributed by atoms with E-state index < -0.39 is 5.97 Å². The summed E-state index contributed by atoms with van der Waals surface area (Å²) >= 11 is 5.03. The zero-order chi connectivity index (χ0) is 13.8. The summed E-state index contributed by atoms with van der Waals surface area (Å²) in [7, 11) is 1.33.